The summed E-state index contributed by atoms with van der Waals surface area (Å²) in [6, 6.07) is 9.82. The zero-order valence-corrected chi connectivity index (χ0v) is 9.25. The third-order valence-corrected chi connectivity index (χ3v) is 2.69. The van der Waals surface area contributed by atoms with Crippen LogP contribution in [0.4, 0.5) is 0 Å². The highest BCUT2D eigenvalue weighted by atomic mass is 35.5. The van der Waals surface area contributed by atoms with E-state index in [1.54, 1.807) is 6.20 Å². The van der Waals surface area contributed by atoms with E-state index in [1.807, 2.05) is 30.3 Å². The molecule has 0 atom stereocenters. The van der Waals surface area contributed by atoms with Gasteiger partial charge in [-0.3, -0.25) is 4.98 Å². The molecule has 2 aromatic rings. The molecular weight excluding hydrogens is 206 g/mol. The summed E-state index contributed by atoms with van der Waals surface area (Å²) in [5.41, 5.74) is 3.28. The van der Waals surface area contributed by atoms with E-state index in [1.165, 1.54) is 0 Å². The number of nitrogens with zero attached hydrogens (tertiary/aromatic N) is 1. The van der Waals surface area contributed by atoms with Gasteiger partial charge < -0.3 is 0 Å². The van der Waals surface area contributed by atoms with Gasteiger partial charge in [0.15, 0.2) is 0 Å². The van der Waals surface area contributed by atoms with Gasteiger partial charge in [-0.15, -0.1) is 0 Å². The van der Waals surface area contributed by atoms with Crippen molar-refractivity contribution in [3.05, 3.63) is 53.3 Å². The molecule has 0 aliphatic heterocycles. The Morgan fingerprint density at radius 3 is 2.73 bits per heavy atom. The lowest BCUT2D eigenvalue weighted by atomic mass is 10.0. The molecular formula is C13H11ClN. The van der Waals surface area contributed by atoms with Gasteiger partial charge in [0.2, 0.25) is 0 Å². The summed E-state index contributed by atoms with van der Waals surface area (Å²) >= 11 is 6.15. The molecule has 75 valence electrons. The van der Waals surface area contributed by atoms with Crippen LogP contribution in [0.3, 0.4) is 0 Å². The largest absolute Gasteiger partial charge is 0.254 e. The highest BCUT2D eigenvalue weighted by Crippen LogP contribution is 2.29. The molecule has 1 heterocycles. The number of benzene rings is 1. The van der Waals surface area contributed by atoms with E-state index in [9.17, 15) is 0 Å². The van der Waals surface area contributed by atoms with Crippen LogP contribution < -0.4 is 0 Å². The Balaban J connectivity index is 2.59. The van der Waals surface area contributed by atoms with E-state index >= 15 is 0 Å². The van der Waals surface area contributed by atoms with Crippen LogP contribution in [0.25, 0.3) is 11.1 Å². The molecule has 0 aliphatic rings. The van der Waals surface area contributed by atoms with Crippen molar-refractivity contribution in [3.63, 3.8) is 0 Å². The summed E-state index contributed by atoms with van der Waals surface area (Å²) in [6.45, 7) is 2.09. The van der Waals surface area contributed by atoms with Crippen molar-refractivity contribution >= 4 is 11.6 Å². The zero-order valence-electron chi connectivity index (χ0n) is 8.50. The second-order valence-corrected chi connectivity index (χ2v) is 3.69. The summed E-state index contributed by atoms with van der Waals surface area (Å²) < 4.78 is 0. The summed E-state index contributed by atoms with van der Waals surface area (Å²) in [5.74, 6) is 0. The quantitative estimate of drug-likeness (QED) is 0.745. The van der Waals surface area contributed by atoms with Crippen LogP contribution in [-0.4, -0.2) is 4.98 Å². The molecule has 1 nitrogen and oxygen atoms in total. The number of hydrogen-bond donors (Lipinski definition) is 0. The van der Waals surface area contributed by atoms with Gasteiger partial charge >= 0.3 is 0 Å². The van der Waals surface area contributed by atoms with E-state index in [0.29, 0.717) is 0 Å². The normalized spacial score (nSPS) is 10.3. The summed E-state index contributed by atoms with van der Waals surface area (Å²) in [7, 11) is 0. The molecule has 1 aromatic heterocycles. The lowest BCUT2D eigenvalue weighted by molar-refractivity contribution is 1.10. The first kappa shape index (κ1) is 10.2. The summed E-state index contributed by atoms with van der Waals surface area (Å²) in [4.78, 5) is 4.00. The van der Waals surface area contributed by atoms with Crippen molar-refractivity contribution in [1.29, 1.82) is 0 Å². The molecule has 0 fully saturated rings. The molecule has 1 aromatic carbocycles. The predicted octanol–water partition coefficient (Wildman–Crippen LogP) is 3.76. The second kappa shape index (κ2) is 4.45. The lowest BCUT2D eigenvalue weighted by Crippen LogP contribution is -1.89. The van der Waals surface area contributed by atoms with Gasteiger partial charge in [0.25, 0.3) is 0 Å². The molecule has 15 heavy (non-hydrogen) atoms. The SMILES string of the molecule is CCc1[c]nccc1-c1ccccc1Cl. The van der Waals surface area contributed by atoms with Gasteiger partial charge in [0.05, 0.1) is 6.20 Å². The average molecular weight is 217 g/mol. The van der Waals surface area contributed by atoms with Gasteiger partial charge in [-0.2, -0.15) is 0 Å². The van der Waals surface area contributed by atoms with Crippen molar-refractivity contribution in [2.45, 2.75) is 13.3 Å². The molecule has 0 N–H and O–H groups in total. The highest BCUT2D eigenvalue weighted by molar-refractivity contribution is 6.33. The maximum atomic E-state index is 6.15. The molecule has 0 amide bonds. The monoisotopic (exact) mass is 216 g/mol. The number of rotatable bonds is 2. The summed E-state index contributed by atoms with van der Waals surface area (Å²) in [6.07, 6.45) is 5.66. The second-order valence-electron chi connectivity index (χ2n) is 3.28. The fraction of sp³-hybridized carbons (Fsp3) is 0.154. The molecule has 0 saturated heterocycles. The predicted molar refractivity (Wildman–Crippen MR) is 62.9 cm³/mol. The molecule has 0 bridgehead atoms. The molecule has 0 spiro atoms. The first-order valence-corrected chi connectivity index (χ1v) is 5.31. The standard InChI is InChI=1S/C13H11ClN/c1-2-10-9-15-8-7-11(10)12-5-3-4-6-13(12)14/h3-8H,2H2,1H3. The Hall–Kier alpha value is -1.34. The number of aryl methyl sites for hydroxylation is 1. The van der Waals surface area contributed by atoms with Crippen molar-refractivity contribution in [1.82, 2.24) is 4.98 Å². The van der Waals surface area contributed by atoms with Gasteiger partial charge in [0.1, 0.15) is 0 Å². The van der Waals surface area contributed by atoms with Crippen LogP contribution >= 0.6 is 11.6 Å². The maximum Gasteiger partial charge on any atom is 0.0927 e. The molecule has 2 rings (SSSR count). The van der Waals surface area contributed by atoms with E-state index in [2.05, 4.69) is 18.1 Å². The van der Waals surface area contributed by atoms with Crippen LogP contribution in [-0.2, 0) is 6.42 Å². The van der Waals surface area contributed by atoms with Gasteiger partial charge in [0, 0.05) is 16.8 Å². The number of pyridine rings is 1. The Bertz CT molecular complexity index is 466. The van der Waals surface area contributed by atoms with Gasteiger partial charge in [-0.25, -0.2) is 0 Å². The minimum absolute atomic E-state index is 0.770. The lowest BCUT2D eigenvalue weighted by Gasteiger charge is -2.07. The van der Waals surface area contributed by atoms with Crippen molar-refractivity contribution < 1.29 is 0 Å². The minimum atomic E-state index is 0.770. The fourth-order valence-electron chi connectivity index (χ4n) is 1.59. The van der Waals surface area contributed by atoms with Crippen molar-refractivity contribution in [3.8, 4) is 11.1 Å². The number of hydrogen-bond acceptors (Lipinski definition) is 1. The average Bonchev–Trinajstić information content (AvgIpc) is 2.30. The Labute approximate surface area is 94.7 Å². The topological polar surface area (TPSA) is 12.9 Å². The van der Waals surface area contributed by atoms with Crippen LogP contribution in [0.15, 0.2) is 36.5 Å². The van der Waals surface area contributed by atoms with E-state index < -0.39 is 0 Å². The van der Waals surface area contributed by atoms with E-state index in [0.717, 1.165) is 28.1 Å². The van der Waals surface area contributed by atoms with Crippen LogP contribution in [0.1, 0.15) is 12.5 Å². The van der Waals surface area contributed by atoms with Crippen LogP contribution in [0.2, 0.25) is 5.02 Å². The van der Waals surface area contributed by atoms with Gasteiger partial charge in [-0.05, 0) is 29.7 Å². The molecule has 0 aliphatic carbocycles. The molecule has 0 unspecified atom stereocenters. The molecule has 2 heteroatoms. The van der Waals surface area contributed by atoms with Crippen LogP contribution in [0, 0.1) is 6.20 Å². The van der Waals surface area contributed by atoms with E-state index in [4.69, 9.17) is 11.6 Å². The zero-order chi connectivity index (χ0) is 10.7. The molecule has 1 radical (unpaired) electrons. The third-order valence-electron chi connectivity index (χ3n) is 2.36. The van der Waals surface area contributed by atoms with Crippen LogP contribution in [0.5, 0.6) is 0 Å². The fourth-order valence-corrected chi connectivity index (χ4v) is 1.83. The Morgan fingerprint density at radius 2 is 2.00 bits per heavy atom. The Kier molecular flexibility index (Phi) is 3.02. The maximum absolute atomic E-state index is 6.15. The molecule has 0 saturated carbocycles. The third kappa shape index (κ3) is 2.02. The minimum Gasteiger partial charge on any atom is -0.254 e. The first-order chi connectivity index (χ1) is 7.33. The van der Waals surface area contributed by atoms with E-state index in [-0.39, 0.29) is 0 Å². The van der Waals surface area contributed by atoms with Crippen molar-refractivity contribution in [2.75, 3.05) is 0 Å². The number of aromatic nitrogens is 1. The Morgan fingerprint density at radius 1 is 1.20 bits per heavy atom. The summed E-state index contributed by atoms with van der Waals surface area (Å²) in [5, 5.41) is 0.770. The highest BCUT2D eigenvalue weighted by Gasteiger charge is 2.06. The smallest absolute Gasteiger partial charge is 0.0927 e. The first-order valence-electron chi connectivity index (χ1n) is 4.93. The van der Waals surface area contributed by atoms with Gasteiger partial charge in [-0.1, -0.05) is 36.7 Å². The van der Waals surface area contributed by atoms with Crippen molar-refractivity contribution in [2.24, 2.45) is 0 Å². The number of halogens is 1.